The third-order valence-electron chi connectivity index (χ3n) is 4.35. The molecule has 0 amide bonds. The van der Waals surface area contributed by atoms with E-state index in [1.807, 2.05) is 0 Å². The van der Waals surface area contributed by atoms with E-state index in [1.165, 1.54) is 36.4 Å². The van der Waals surface area contributed by atoms with Gasteiger partial charge in [0.2, 0.25) is 0 Å². The molecule has 28 heavy (non-hydrogen) atoms. The van der Waals surface area contributed by atoms with E-state index in [9.17, 15) is 41.4 Å². The molecule has 9 heteroatoms. The highest BCUT2D eigenvalue weighted by atomic mass is 19.4. The van der Waals surface area contributed by atoms with E-state index in [4.69, 9.17) is 0 Å². The van der Waals surface area contributed by atoms with Gasteiger partial charge in [0.25, 0.3) is 0 Å². The fourth-order valence-corrected chi connectivity index (χ4v) is 2.79. The number of carbonyl (C=O) groups is 1. The lowest BCUT2D eigenvalue weighted by Crippen LogP contribution is -2.47. The van der Waals surface area contributed by atoms with E-state index >= 15 is 0 Å². The molecule has 0 saturated heterocycles. The van der Waals surface area contributed by atoms with Gasteiger partial charge in [-0.1, -0.05) is 60.7 Å². The molecule has 0 aliphatic carbocycles. The molecule has 2 unspecified atom stereocenters. The van der Waals surface area contributed by atoms with Gasteiger partial charge in [0.05, 0.1) is 0 Å². The lowest BCUT2D eigenvalue weighted by molar-refractivity contribution is -0.274. The van der Waals surface area contributed by atoms with Crippen LogP contribution in [0.3, 0.4) is 0 Å². The Morgan fingerprint density at radius 2 is 0.929 bits per heavy atom. The standard InChI is InChI=1S/C19H16F6O3/c20-18(21,22)16(27,13-7-3-1-4-8-13)11-15(26)12-17(28,19(23,24)25)14-9-5-2-6-10-14/h1-10,27-28H,11-12H2. The lowest BCUT2D eigenvalue weighted by atomic mass is 9.82. The predicted octanol–water partition coefficient (Wildman–Crippen LogP) is 4.24. The zero-order valence-electron chi connectivity index (χ0n) is 14.3. The van der Waals surface area contributed by atoms with Gasteiger partial charge in [0.15, 0.2) is 11.2 Å². The van der Waals surface area contributed by atoms with E-state index < -0.39 is 53.3 Å². The van der Waals surface area contributed by atoms with Crippen LogP contribution in [0.2, 0.25) is 0 Å². The van der Waals surface area contributed by atoms with Gasteiger partial charge < -0.3 is 10.2 Å². The normalized spacial score (nSPS) is 16.9. The van der Waals surface area contributed by atoms with Crippen LogP contribution in [0.15, 0.2) is 60.7 Å². The molecule has 2 N–H and O–H groups in total. The molecule has 152 valence electrons. The van der Waals surface area contributed by atoms with E-state index in [-0.39, 0.29) is 0 Å². The number of hydrogen-bond donors (Lipinski definition) is 2. The number of carbonyl (C=O) groups excluding carboxylic acids is 1. The highest BCUT2D eigenvalue weighted by molar-refractivity contribution is 5.81. The number of halogens is 6. The topological polar surface area (TPSA) is 57.5 Å². The average Bonchev–Trinajstić information content (AvgIpc) is 2.61. The van der Waals surface area contributed by atoms with Crippen molar-refractivity contribution >= 4 is 5.78 Å². The summed E-state index contributed by atoms with van der Waals surface area (Å²) in [6, 6.07) is 11.1. The van der Waals surface area contributed by atoms with E-state index in [2.05, 4.69) is 0 Å². The molecule has 0 spiro atoms. The molecule has 0 aliphatic heterocycles. The number of benzene rings is 2. The fraction of sp³-hybridized carbons (Fsp3) is 0.316. The summed E-state index contributed by atoms with van der Waals surface area (Å²) in [6.45, 7) is 0. The molecule has 2 aromatic rings. The van der Waals surface area contributed by atoms with Crippen molar-refractivity contribution in [2.24, 2.45) is 0 Å². The summed E-state index contributed by atoms with van der Waals surface area (Å²) in [7, 11) is 0. The maximum Gasteiger partial charge on any atom is 0.421 e. The zero-order valence-corrected chi connectivity index (χ0v) is 14.3. The smallest absolute Gasteiger partial charge is 0.376 e. The largest absolute Gasteiger partial charge is 0.421 e. The van der Waals surface area contributed by atoms with Crippen LogP contribution in [0.25, 0.3) is 0 Å². The average molecular weight is 406 g/mol. The van der Waals surface area contributed by atoms with Crippen LogP contribution in [0, 0.1) is 0 Å². The summed E-state index contributed by atoms with van der Waals surface area (Å²) in [5, 5.41) is 20.3. The molecule has 2 rings (SSSR count). The van der Waals surface area contributed by atoms with Gasteiger partial charge in [0.1, 0.15) is 5.78 Å². The first-order chi connectivity index (χ1) is 12.8. The summed E-state index contributed by atoms with van der Waals surface area (Å²) < 4.78 is 80.7. The van der Waals surface area contributed by atoms with Crippen molar-refractivity contribution in [1.29, 1.82) is 0 Å². The second-order valence-corrected chi connectivity index (χ2v) is 6.34. The minimum absolute atomic E-state index is 0.689. The number of rotatable bonds is 6. The predicted molar refractivity (Wildman–Crippen MR) is 87.0 cm³/mol. The summed E-state index contributed by atoms with van der Waals surface area (Å²) >= 11 is 0. The van der Waals surface area contributed by atoms with Crippen molar-refractivity contribution in [2.45, 2.75) is 36.4 Å². The number of alkyl halides is 6. The minimum Gasteiger partial charge on any atom is -0.376 e. The Hall–Kier alpha value is -2.39. The van der Waals surface area contributed by atoms with Crippen LogP contribution in [0.4, 0.5) is 26.3 Å². The summed E-state index contributed by atoms with van der Waals surface area (Å²) in [4.78, 5) is 12.2. The van der Waals surface area contributed by atoms with Crippen molar-refractivity contribution < 1.29 is 41.4 Å². The molecule has 0 aliphatic rings. The van der Waals surface area contributed by atoms with Crippen LogP contribution in [0.5, 0.6) is 0 Å². The third-order valence-corrected chi connectivity index (χ3v) is 4.35. The molecule has 0 bridgehead atoms. The van der Waals surface area contributed by atoms with Crippen molar-refractivity contribution in [3.05, 3.63) is 71.8 Å². The van der Waals surface area contributed by atoms with Crippen LogP contribution in [-0.2, 0) is 16.0 Å². The Bertz CT molecular complexity index is 736. The Balaban J connectivity index is 2.38. The molecule has 0 aromatic heterocycles. The number of ketones is 1. The van der Waals surface area contributed by atoms with E-state index in [1.54, 1.807) is 0 Å². The summed E-state index contributed by atoms with van der Waals surface area (Å²) in [5.41, 5.74) is -8.75. The van der Waals surface area contributed by atoms with E-state index in [0.717, 1.165) is 24.3 Å². The van der Waals surface area contributed by atoms with Crippen molar-refractivity contribution in [3.63, 3.8) is 0 Å². The second kappa shape index (κ2) is 7.56. The van der Waals surface area contributed by atoms with Gasteiger partial charge in [-0.15, -0.1) is 0 Å². The van der Waals surface area contributed by atoms with Crippen LogP contribution in [0.1, 0.15) is 24.0 Å². The Kier molecular flexibility index (Phi) is 5.91. The Morgan fingerprint density at radius 3 is 1.18 bits per heavy atom. The molecule has 3 nitrogen and oxygen atoms in total. The molecule has 2 aromatic carbocycles. The van der Waals surface area contributed by atoms with Crippen molar-refractivity contribution in [3.8, 4) is 0 Å². The highest BCUT2D eigenvalue weighted by Gasteiger charge is 2.59. The zero-order chi connectivity index (χ0) is 21.2. The highest BCUT2D eigenvalue weighted by Crippen LogP contribution is 2.45. The van der Waals surface area contributed by atoms with Crippen LogP contribution < -0.4 is 0 Å². The quantitative estimate of drug-likeness (QED) is 0.706. The number of hydrogen-bond acceptors (Lipinski definition) is 3. The molecule has 2 atom stereocenters. The SMILES string of the molecule is O=C(CC(O)(c1ccccc1)C(F)(F)F)CC(O)(c1ccccc1)C(F)(F)F. The first-order valence-corrected chi connectivity index (χ1v) is 8.02. The first-order valence-electron chi connectivity index (χ1n) is 8.02. The molecular formula is C19H16F6O3. The second-order valence-electron chi connectivity index (χ2n) is 6.34. The molecular weight excluding hydrogens is 390 g/mol. The van der Waals surface area contributed by atoms with Crippen molar-refractivity contribution in [2.75, 3.05) is 0 Å². The number of aliphatic hydroxyl groups is 2. The van der Waals surface area contributed by atoms with Gasteiger partial charge in [-0.05, 0) is 11.1 Å². The maximum atomic E-state index is 13.5. The van der Waals surface area contributed by atoms with Gasteiger partial charge in [-0.2, -0.15) is 26.3 Å². The van der Waals surface area contributed by atoms with Gasteiger partial charge >= 0.3 is 12.4 Å². The Morgan fingerprint density at radius 1 is 0.643 bits per heavy atom. The number of Topliss-reactive ketones (excluding diaryl/α,β-unsaturated/α-hetero) is 1. The monoisotopic (exact) mass is 406 g/mol. The molecule has 0 saturated carbocycles. The fourth-order valence-electron chi connectivity index (χ4n) is 2.79. The van der Waals surface area contributed by atoms with Crippen LogP contribution in [-0.4, -0.2) is 28.3 Å². The van der Waals surface area contributed by atoms with Gasteiger partial charge in [0, 0.05) is 12.8 Å². The third kappa shape index (κ3) is 4.20. The van der Waals surface area contributed by atoms with Gasteiger partial charge in [-0.25, -0.2) is 0 Å². The maximum absolute atomic E-state index is 13.5. The minimum atomic E-state index is -5.33. The van der Waals surface area contributed by atoms with Crippen molar-refractivity contribution in [1.82, 2.24) is 0 Å². The Labute approximate surface area is 156 Å². The van der Waals surface area contributed by atoms with Crippen LogP contribution >= 0.6 is 0 Å². The summed E-state index contributed by atoms with van der Waals surface area (Å²) in [5.74, 6) is -1.60. The van der Waals surface area contributed by atoms with Gasteiger partial charge in [-0.3, -0.25) is 4.79 Å². The molecule has 0 heterocycles. The lowest BCUT2D eigenvalue weighted by Gasteiger charge is -2.33. The molecule has 0 fully saturated rings. The molecule has 0 radical (unpaired) electrons. The summed E-state index contributed by atoms with van der Waals surface area (Å²) in [6.07, 6.45) is -14.0. The first kappa shape index (κ1) is 21.9. The van der Waals surface area contributed by atoms with E-state index in [0.29, 0.717) is 0 Å².